The zero-order chi connectivity index (χ0) is 17.8. The molecule has 1 nitrogen and oxygen atoms in total. The van der Waals surface area contributed by atoms with Gasteiger partial charge in [-0.15, -0.1) is 0 Å². The molecular formula is C25H20NS+. The van der Waals surface area contributed by atoms with E-state index in [0.717, 1.165) is 6.42 Å². The Morgan fingerprint density at radius 1 is 0.741 bits per heavy atom. The number of benzene rings is 3. The first-order valence-electron chi connectivity index (χ1n) is 9.58. The van der Waals surface area contributed by atoms with Crippen LogP contribution in [0.25, 0.3) is 0 Å². The third-order valence-electron chi connectivity index (χ3n) is 6.50. The largest absolute Gasteiger partial charge is 0.246 e. The van der Waals surface area contributed by atoms with Crippen molar-refractivity contribution in [1.82, 2.24) is 0 Å². The molecule has 2 atom stereocenters. The van der Waals surface area contributed by atoms with E-state index in [2.05, 4.69) is 101 Å². The number of aromatic nitrogens is 1. The van der Waals surface area contributed by atoms with E-state index in [-0.39, 0.29) is 5.41 Å². The second-order valence-electron chi connectivity index (χ2n) is 7.63. The van der Waals surface area contributed by atoms with Crippen molar-refractivity contribution < 1.29 is 4.57 Å². The van der Waals surface area contributed by atoms with E-state index in [1.807, 2.05) is 11.3 Å². The summed E-state index contributed by atoms with van der Waals surface area (Å²) >= 11 is 1.91. The summed E-state index contributed by atoms with van der Waals surface area (Å²) in [6.45, 7) is 0. The highest BCUT2D eigenvalue weighted by Crippen LogP contribution is 2.60. The number of nitrogens with zero attached hydrogens (tertiary/aromatic N) is 1. The maximum absolute atomic E-state index is 2.53. The lowest BCUT2D eigenvalue weighted by Gasteiger charge is -2.49. The molecular weight excluding hydrogens is 346 g/mol. The van der Waals surface area contributed by atoms with E-state index in [1.165, 1.54) is 27.3 Å². The van der Waals surface area contributed by atoms with Crippen LogP contribution in [0.3, 0.4) is 0 Å². The Kier molecular flexibility index (Phi) is 3.21. The van der Waals surface area contributed by atoms with Crippen molar-refractivity contribution in [2.24, 2.45) is 0 Å². The molecule has 2 bridgehead atoms. The third-order valence-corrected chi connectivity index (χ3v) is 7.45. The predicted molar refractivity (Wildman–Crippen MR) is 109 cm³/mol. The number of hydrogen-bond acceptors (Lipinski definition) is 1. The normalized spacial score (nSPS) is 21.5. The molecule has 0 amide bonds. The van der Waals surface area contributed by atoms with Crippen LogP contribution >= 0.6 is 11.3 Å². The Morgan fingerprint density at radius 2 is 1.33 bits per heavy atom. The van der Waals surface area contributed by atoms with Gasteiger partial charge in [0, 0.05) is 17.4 Å². The van der Waals surface area contributed by atoms with Crippen LogP contribution in [0.2, 0.25) is 0 Å². The summed E-state index contributed by atoms with van der Waals surface area (Å²) < 4.78 is 2.53. The topological polar surface area (TPSA) is 3.88 Å². The van der Waals surface area contributed by atoms with Crippen LogP contribution in [0.1, 0.15) is 45.6 Å². The zero-order valence-electron chi connectivity index (χ0n) is 15.0. The molecule has 7 rings (SSSR count). The molecule has 2 heteroatoms. The maximum atomic E-state index is 2.53. The smallest absolute Gasteiger partial charge is 0.185 e. The van der Waals surface area contributed by atoms with Gasteiger partial charge in [0.2, 0.25) is 5.01 Å². The van der Waals surface area contributed by atoms with Crippen molar-refractivity contribution in [3.8, 4) is 0 Å². The minimum Gasteiger partial charge on any atom is -0.185 e. The van der Waals surface area contributed by atoms with Crippen LogP contribution in [-0.2, 0) is 5.41 Å². The third kappa shape index (κ3) is 1.97. The van der Waals surface area contributed by atoms with Gasteiger partial charge < -0.3 is 0 Å². The van der Waals surface area contributed by atoms with Crippen LogP contribution < -0.4 is 4.57 Å². The monoisotopic (exact) mass is 366 g/mol. The molecule has 3 aliphatic rings. The van der Waals surface area contributed by atoms with Crippen molar-refractivity contribution in [1.29, 1.82) is 0 Å². The molecule has 0 radical (unpaired) electrons. The van der Waals surface area contributed by atoms with Crippen molar-refractivity contribution in [3.63, 3.8) is 0 Å². The fraction of sp³-hybridized carbons (Fsp3) is 0.160. The molecule has 4 aromatic rings. The predicted octanol–water partition coefficient (Wildman–Crippen LogP) is 5.46. The fourth-order valence-electron chi connectivity index (χ4n) is 5.45. The lowest BCUT2D eigenvalue weighted by molar-refractivity contribution is -0.727. The first-order valence-corrected chi connectivity index (χ1v) is 10.5. The number of rotatable bonds is 2. The second-order valence-corrected chi connectivity index (χ2v) is 8.56. The summed E-state index contributed by atoms with van der Waals surface area (Å²) in [5.41, 5.74) is 5.84. The minimum atomic E-state index is -0.0214. The van der Waals surface area contributed by atoms with Crippen molar-refractivity contribution in [2.75, 3.05) is 0 Å². The molecule has 27 heavy (non-hydrogen) atoms. The highest BCUT2D eigenvalue weighted by molar-refractivity contribution is 7.09. The standard InChI is InChI=1S/C25H20NS/c1-3-9-18(10-4-1)25(19-11-5-2-6-12-19)17-22-20-13-7-8-14-21(20)23(25)24-26(22)15-16-27-24/h1-16,22-23H,17H2/q+1. The Balaban J connectivity index is 1.72. The number of fused-ring (bicyclic) bond motifs is 1. The summed E-state index contributed by atoms with van der Waals surface area (Å²) in [6, 6.07) is 31.8. The van der Waals surface area contributed by atoms with E-state index in [4.69, 9.17) is 0 Å². The Bertz CT molecular complexity index is 1070. The molecule has 0 saturated carbocycles. The van der Waals surface area contributed by atoms with Gasteiger partial charge in [-0.3, -0.25) is 0 Å². The number of thiazole rings is 1. The molecule has 0 spiro atoms. The van der Waals surface area contributed by atoms with Gasteiger partial charge in [-0.25, -0.2) is 0 Å². The molecule has 1 aromatic heterocycles. The minimum absolute atomic E-state index is 0.0214. The fourth-order valence-corrected chi connectivity index (χ4v) is 6.55. The lowest BCUT2D eigenvalue weighted by Crippen LogP contribution is -2.58. The van der Waals surface area contributed by atoms with E-state index in [0.29, 0.717) is 12.0 Å². The van der Waals surface area contributed by atoms with E-state index >= 15 is 0 Å². The molecule has 0 fully saturated rings. The Labute approximate surface area is 163 Å². The van der Waals surface area contributed by atoms with Crippen LogP contribution in [0, 0.1) is 0 Å². The van der Waals surface area contributed by atoms with Gasteiger partial charge in [0.25, 0.3) is 0 Å². The summed E-state index contributed by atoms with van der Waals surface area (Å²) in [5, 5.41) is 3.74. The van der Waals surface area contributed by atoms with Crippen molar-refractivity contribution in [2.45, 2.75) is 23.8 Å². The first kappa shape index (κ1) is 15.4. The molecule has 0 N–H and O–H groups in total. The SMILES string of the molecule is c1ccc(C2(c3ccccc3)CC3c4ccccc4C2c2scc[n+]23)cc1. The van der Waals surface area contributed by atoms with Crippen molar-refractivity contribution in [3.05, 3.63) is 124 Å². The Morgan fingerprint density at radius 3 is 2.00 bits per heavy atom. The molecule has 2 unspecified atom stereocenters. The quantitative estimate of drug-likeness (QED) is 0.415. The Hall–Kier alpha value is -2.71. The van der Waals surface area contributed by atoms with Gasteiger partial charge in [-0.05, 0) is 16.7 Å². The van der Waals surface area contributed by atoms with Gasteiger partial charge in [0.15, 0.2) is 12.2 Å². The van der Waals surface area contributed by atoms with Gasteiger partial charge in [-0.2, -0.15) is 4.57 Å². The van der Waals surface area contributed by atoms with Crippen LogP contribution in [-0.4, -0.2) is 0 Å². The highest BCUT2D eigenvalue weighted by Gasteiger charge is 2.59. The zero-order valence-corrected chi connectivity index (χ0v) is 15.8. The summed E-state index contributed by atoms with van der Waals surface area (Å²) in [4.78, 5) is 0. The average molecular weight is 367 g/mol. The van der Waals surface area contributed by atoms with E-state index in [9.17, 15) is 0 Å². The van der Waals surface area contributed by atoms with Gasteiger partial charge in [0.1, 0.15) is 0 Å². The van der Waals surface area contributed by atoms with E-state index < -0.39 is 0 Å². The summed E-state index contributed by atoms with van der Waals surface area (Å²) in [7, 11) is 0. The molecule has 130 valence electrons. The van der Waals surface area contributed by atoms with Crippen LogP contribution in [0.5, 0.6) is 0 Å². The second kappa shape index (κ2) is 5.64. The molecule has 3 aromatic carbocycles. The van der Waals surface area contributed by atoms with Crippen LogP contribution in [0.15, 0.2) is 96.5 Å². The van der Waals surface area contributed by atoms with Crippen molar-refractivity contribution >= 4 is 11.3 Å². The van der Waals surface area contributed by atoms with Gasteiger partial charge in [0.05, 0.1) is 11.3 Å². The molecule has 1 aliphatic carbocycles. The highest BCUT2D eigenvalue weighted by atomic mass is 32.1. The summed E-state index contributed by atoms with van der Waals surface area (Å²) in [6.07, 6.45) is 3.39. The van der Waals surface area contributed by atoms with E-state index in [1.54, 1.807) is 0 Å². The summed E-state index contributed by atoms with van der Waals surface area (Å²) in [5.74, 6) is 0.350. The number of hydrogen-bond donors (Lipinski definition) is 0. The van der Waals surface area contributed by atoms with Gasteiger partial charge in [-0.1, -0.05) is 96.3 Å². The lowest BCUT2D eigenvalue weighted by atomic mass is 9.54. The molecule has 2 aliphatic heterocycles. The van der Waals surface area contributed by atoms with Crippen LogP contribution in [0.4, 0.5) is 0 Å². The average Bonchev–Trinajstić information content (AvgIpc) is 3.26. The molecule has 0 saturated heterocycles. The molecule has 3 heterocycles. The maximum Gasteiger partial charge on any atom is 0.246 e. The first-order chi connectivity index (χ1) is 13.4. The van der Waals surface area contributed by atoms with Gasteiger partial charge >= 0.3 is 0 Å².